The average Bonchev–Trinajstić information content (AvgIpc) is 2.45. The van der Waals surface area contributed by atoms with Crippen LogP contribution in [-0.2, 0) is 7.05 Å². The summed E-state index contributed by atoms with van der Waals surface area (Å²) in [6.07, 6.45) is 6.04. The molecule has 3 heteroatoms. The Balaban J connectivity index is 2.87. The van der Waals surface area contributed by atoms with Crippen LogP contribution in [0.15, 0.2) is 6.07 Å². The number of aromatic nitrogens is 2. The van der Waals surface area contributed by atoms with Crippen LogP contribution in [0.4, 0.5) is 0 Å². The van der Waals surface area contributed by atoms with E-state index in [1.54, 1.807) is 0 Å². The largest absolute Gasteiger partial charge is 0.308 e. The zero-order chi connectivity index (χ0) is 10.6. The highest BCUT2D eigenvalue weighted by atomic mass is 15.3. The lowest BCUT2D eigenvalue weighted by Gasteiger charge is -2.15. The Morgan fingerprint density at radius 2 is 2.43 bits per heavy atom. The van der Waals surface area contributed by atoms with Crippen molar-refractivity contribution in [1.29, 1.82) is 0 Å². The minimum atomic E-state index is 0.219. The summed E-state index contributed by atoms with van der Waals surface area (Å²) in [7, 11) is 1.95. The third kappa shape index (κ3) is 2.36. The van der Waals surface area contributed by atoms with Gasteiger partial charge in [-0.05, 0) is 19.5 Å². The second-order valence-corrected chi connectivity index (χ2v) is 3.35. The van der Waals surface area contributed by atoms with Gasteiger partial charge in [-0.25, -0.2) is 0 Å². The minimum absolute atomic E-state index is 0.219. The Morgan fingerprint density at radius 3 is 2.86 bits per heavy atom. The van der Waals surface area contributed by atoms with E-state index in [0.717, 1.165) is 17.9 Å². The molecule has 76 valence electrons. The van der Waals surface area contributed by atoms with E-state index >= 15 is 0 Å². The van der Waals surface area contributed by atoms with Crippen molar-refractivity contribution < 1.29 is 0 Å². The van der Waals surface area contributed by atoms with E-state index < -0.39 is 0 Å². The molecule has 0 amide bonds. The van der Waals surface area contributed by atoms with Gasteiger partial charge in [0.2, 0.25) is 0 Å². The zero-order valence-corrected chi connectivity index (χ0v) is 9.04. The number of nitrogens with zero attached hydrogens (tertiary/aromatic N) is 2. The van der Waals surface area contributed by atoms with Crippen molar-refractivity contribution in [1.82, 2.24) is 15.1 Å². The molecular weight excluding hydrogens is 174 g/mol. The average molecular weight is 191 g/mol. The van der Waals surface area contributed by atoms with Gasteiger partial charge >= 0.3 is 0 Å². The summed E-state index contributed by atoms with van der Waals surface area (Å²) in [5, 5.41) is 7.66. The van der Waals surface area contributed by atoms with Gasteiger partial charge in [-0.2, -0.15) is 5.10 Å². The Bertz CT molecular complexity index is 333. The van der Waals surface area contributed by atoms with E-state index in [4.69, 9.17) is 6.42 Å². The molecule has 1 heterocycles. The van der Waals surface area contributed by atoms with Crippen molar-refractivity contribution in [2.45, 2.75) is 26.3 Å². The summed E-state index contributed by atoms with van der Waals surface area (Å²) in [6.45, 7) is 4.98. The number of rotatable bonds is 4. The molecular formula is C11H17N3. The molecule has 1 aromatic rings. The van der Waals surface area contributed by atoms with E-state index in [1.165, 1.54) is 0 Å². The molecule has 1 rings (SSSR count). The summed E-state index contributed by atoms with van der Waals surface area (Å²) in [6, 6.07) is 2.29. The standard InChI is InChI=1S/C11H17N3/c1-5-7-10(12-6-2)11-8-9(3)13-14(11)4/h1,8,10,12H,6-7H2,2-4H3. The van der Waals surface area contributed by atoms with Gasteiger partial charge in [0.15, 0.2) is 0 Å². The van der Waals surface area contributed by atoms with Gasteiger partial charge in [-0.15, -0.1) is 12.3 Å². The van der Waals surface area contributed by atoms with Crippen molar-refractivity contribution in [3.8, 4) is 12.3 Å². The van der Waals surface area contributed by atoms with Gasteiger partial charge in [0.25, 0.3) is 0 Å². The van der Waals surface area contributed by atoms with E-state index in [2.05, 4.69) is 29.3 Å². The van der Waals surface area contributed by atoms with E-state index in [0.29, 0.717) is 6.42 Å². The van der Waals surface area contributed by atoms with Gasteiger partial charge < -0.3 is 5.32 Å². The fraction of sp³-hybridized carbons (Fsp3) is 0.545. The van der Waals surface area contributed by atoms with Crippen molar-refractivity contribution >= 4 is 0 Å². The minimum Gasteiger partial charge on any atom is -0.308 e. The maximum atomic E-state index is 5.33. The predicted octanol–water partition coefficient (Wildman–Crippen LogP) is 1.40. The quantitative estimate of drug-likeness (QED) is 0.729. The fourth-order valence-electron chi connectivity index (χ4n) is 1.60. The maximum Gasteiger partial charge on any atom is 0.0602 e. The molecule has 1 atom stereocenters. The van der Waals surface area contributed by atoms with Crippen molar-refractivity contribution in [3.05, 3.63) is 17.5 Å². The van der Waals surface area contributed by atoms with Crippen molar-refractivity contribution in [2.24, 2.45) is 7.05 Å². The second kappa shape index (κ2) is 4.83. The van der Waals surface area contributed by atoms with Gasteiger partial charge in [0.05, 0.1) is 17.4 Å². The lowest BCUT2D eigenvalue weighted by Crippen LogP contribution is -2.22. The molecule has 3 nitrogen and oxygen atoms in total. The molecule has 0 aliphatic heterocycles. The highest BCUT2D eigenvalue weighted by Crippen LogP contribution is 2.16. The lowest BCUT2D eigenvalue weighted by atomic mass is 10.1. The van der Waals surface area contributed by atoms with Crippen LogP contribution in [0.2, 0.25) is 0 Å². The molecule has 1 aromatic heterocycles. The number of hydrogen-bond acceptors (Lipinski definition) is 2. The van der Waals surface area contributed by atoms with Gasteiger partial charge in [-0.3, -0.25) is 4.68 Å². The number of hydrogen-bond donors (Lipinski definition) is 1. The van der Waals surface area contributed by atoms with Crippen molar-refractivity contribution in [3.63, 3.8) is 0 Å². The number of aryl methyl sites for hydroxylation is 2. The fourth-order valence-corrected chi connectivity index (χ4v) is 1.60. The molecule has 0 bridgehead atoms. The molecule has 1 unspecified atom stereocenters. The maximum absolute atomic E-state index is 5.33. The van der Waals surface area contributed by atoms with Crippen LogP contribution in [0, 0.1) is 19.3 Å². The third-order valence-corrected chi connectivity index (χ3v) is 2.17. The zero-order valence-electron chi connectivity index (χ0n) is 9.04. The van der Waals surface area contributed by atoms with Gasteiger partial charge in [0, 0.05) is 13.5 Å². The van der Waals surface area contributed by atoms with Crippen LogP contribution < -0.4 is 5.32 Å². The van der Waals surface area contributed by atoms with E-state index in [-0.39, 0.29) is 6.04 Å². The number of terminal acetylenes is 1. The highest BCUT2D eigenvalue weighted by Gasteiger charge is 2.13. The molecule has 0 radical (unpaired) electrons. The SMILES string of the molecule is C#CCC(NCC)c1cc(C)nn1C. The van der Waals surface area contributed by atoms with Crippen LogP contribution >= 0.6 is 0 Å². The molecule has 0 aromatic carbocycles. The first kappa shape index (κ1) is 10.8. The molecule has 0 saturated heterocycles. The highest BCUT2D eigenvalue weighted by molar-refractivity contribution is 5.15. The molecule has 0 aliphatic carbocycles. The molecule has 0 fully saturated rings. The summed E-state index contributed by atoms with van der Waals surface area (Å²) in [5.41, 5.74) is 2.18. The Kier molecular flexibility index (Phi) is 3.73. The van der Waals surface area contributed by atoms with Crippen molar-refractivity contribution in [2.75, 3.05) is 6.54 Å². The Hall–Kier alpha value is -1.27. The molecule has 0 saturated carbocycles. The Labute approximate surface area is 85.5 Å². The monoisotopic (exact) mass is 191 g/mol. The van der Waals surface area contributed by atoms with Crippen LogP contribution in [0.3, 0.4) is 0 Å². The summed E-state index contributed by atoms with van der Waals surface area (Å²) >= 11 is 0. The van der Waals surface area contributed by atoms with E-state index in [9.17, 15) is 0 Å². The summed E-state index contributed by atoms with van der Waals surface area (Å²) < 4.78 is 1.89. The number of nitrogens with one attached hydrogen (secondary N) is 1. The van der Waals surface area contributed by atoms with Crippen LogP contribution in [0.5, 0.6) is 0 Å². The molecule has 0 spiro atoms. The molecule has 0 aliphatic rings. The third-order valence-electron chi connectivity index (χ3n) is 2.17. The van der Waals surface area contributed by atoms with E-state index in [1.807, 2.05) is 18.7 Å². The summed E-state index contributed by atoms with van der Waals surface area (Å²) in [5.74, 6) is 2.68. The predicted molar refractivity (Wildman–Crippen MR) is 57.8 cm³/mol. The van der Waals surface area contributed by atoms with Gasteiger partial charge in [-0.1, -0.05) is 6.92 Å². The first-order chi connectivity index (χ1) is 6.69. The first-order valence-corrected chi connectivity index (χ1v) is 4.86. The summed E-state index contributed by atoms with van der Waals surface area (Å²) in [4.78, 5) is 0. The molecule has 14 heavy (non-hydrogen) atoms. The van der Waals surface area contributed by atoms with Gasteiger partial charge in [0.1, 0.15) is 0 Å². The topological polar surface area (TPSA) is 29.9 Å². The second-order valence-electron chi connectivity index (χ2n) is 3.35. The van der Waals surface area contributed by atoms with Crippen LogP contribution in [-0.4, -0.2) is 16.3 Å². The smallest absolute Gasteiger partial charge is 0.0602 e. The lowest BCUT2D eigenvalue weighted by molar-refractivity contribution is 0.520. The molecule has 1 N–H and O–H groups in total. The first-order valence-electron chi connectivity index (χ1n) is 4.86. The van der Waals surface area contributed by atoms with Crippen LogP contribution in [0.25, 0.3) is 0 Å². The van der Waals surface area contributed by atoms with Crippen LogP contribution in [0.1, 0.15) is 30.8 Å². The normalized spacial score (nSPS) is 12.4. The Morgan fingerprint density at radius 1 is 1.71 bits per heavy atom.